The van der Waals surface area contributed by atoms with Gasteiger partial charge in [-0.25, -0.2) is 8.42 Å². The fourth-order valence-corrected chi connectivity index (χ4v) is 5.32. The number of carbonyl (C=O) groups is 1. The first-order chi connectivity index (χ1) is 15.5. The van der Waals surface area contributed by atoms with Crippen LogP contribution in [-0.2, 0) is 19.5 Å². The summed E-state index contributed by atoms with van der Waals surface area (Å²) in [5.74, 6) is -1.91. The van der Waals surface area contributed by atoms with Crippen molar-refractivity contribution in [2.75, 3.05) is 12.9 Å². The van der Waals surface area contributed by atoms with Crippen LogP contribution in [0, 0.1) is 24.0 Å². The van der Waals surface area contributed by atoms with Gasteiger partial charge in [0.1, 0.15) is 0 Å². The van der Waals surface area contributed by atoms with Crippen molar-refractivity contribution >= 4 is 27.1 Å². The molecule has 11 heteroatoms. The van der Waals surface area contributed by atoms with Crippen molar-refractivity contribution < 1.29 is 28.2 Å². The number of sulfone groups is 1. The molecule has 176 valence electrons. The van der Waals surface area contributed by atoms with Crippen LogP contribution in [0.3, 0.4) is 0 Å². The van der Waals surface area contributed by atoms with E-state index in [0.717, 1.165) is 33.8 Å². The normalized spacial score (nSPS) is 12.5. The van der Waals surface area contributed by atoms with E-state index in [-0.39, 0.29) is 24.3 Å². The van der Waals surface area contributed by atoms with E-state index in [2.05, 4.69) is 4.84 Å². The zero-order valence-electron chi connectivity index (χ0n) is 18.3. The lowest BCUT2D eigenvalue weighted by molar-refractivity contribution is -0.757. The quantitative estimate of drug-likeness (QED) is 0.252. The first-order valence-corrected chi connectivity index (χ1v) is 12.8. The monoisotopic (exact) mass is 492 g/mol. The Morgan fingerprint density at radius 3 is 2.42 bits per heavy atom. The molecule has 1 N–H and O–H groups in total. The second kappa shape index (κ2) is 9.75. The molecule has 0 fully saturated rings. The summed E-state index contributed by atoms with van der Waals surface area (Å²) >= 11 is 1.52. The lowest BCUT2D eigenvalue weighted by Crippen LogP contribution is -2.14. The molecule has 3 aromatic rings. The van der Waals surface area contributed by atoms with Gasteiger partial charge < -0.3 is 14.5 Å². The molecule has 0 radical (unpaired) electrons. The number of carboxylic acids is 1. The van der Waals surface area contributed by atoms with Gasteiger partial charge in [0.2, 0.25) is 0 Å². The molecule has 1 atom stereocenters. The van der Waals surface area contributed by atoms with Crippen LogP contribution in [0.2, 0.25) is 0 Å². The predicted molar refractivity (Wildman–Crippen MR) is 124 cm³/mol. The maximum Gasteiger partial charge on any atom is 0.311 e. The molecule has 3 rings (SSSR count). The number of aliphatic carboxylic acids is 1. The van der Waals surface area contributed by atoms with Gasteiger partial charge >= 0.3 is 5.97 Å². The SMILES string of the molecule is Cc1csc(-n2c(-c3ccc(S(C)(=O)=O)cc3)cc(C(CCCO[N+](=O)[O-])C(=O)O)c2C)c1. The van der Waals surface area contributed by atoms with E-state index in [1.807, 2.05) is 29.9 Å². The third-order valence-corrected chi connectivity index (χ3v) is 7.47. The fraction of sp³-hybridized carbons (Fsp3) is 0.318. The molecule has 9 nitrogen and oxygen atoms in total. The molecule has 2 aromatic heterocycles. The van der Waals surface area contributed by atoms with Gasteiger partial charge in [0.05, 0.1) is 28.1 Å². The molecule has 0 saturated heterocycles. The molecular weight excluding hydrogens is 468 g/mol. The van der Waals surface area contributed by atoms with Crippen LogP contribution in [0.15, 0.2) is 46.7 Å². The summed E-state index contributed by atoms with van der Waals surface area (Å²) in [5, 5.41) is 22.3. The van der Waals surface area contributed by atoms with Crippen LogP contribution in [0.5, 0.6) is 0 Å². The number of thiophene rings is 1. The number of benzene rings is 1. The lowest BCUT2D eigenvalue weighted by Gasteiger charge is -2.13. The van der Waals surface area contributed by atoms with Crippen LogP contribution in [-0.4, -0.2) is 42.0 Å². The zero-order valence-corrected chi connectivity index (χ0v) is 20.0. The van der Waals surface area contributed by atoms with Gasteiger partial charge in [0, 0.05) is 11.9 Å². The minimum atomic E-state index is -3.35. The Morgan fingerprint density at radius 2 is 1.91 bits per heavy atom. The fourth-order valence-electron chi connectivity index (χ4n) is 3.72. The molecular formula is C22H24N2O7S2. The van der Waals surface area contributed by atoms with Gasteiger partial charge in [-0.1, -0.05) is 12.1 Å². The zero-order chi connectivity index (χ0) is 24.3. The van der Waals surface area contributed by atoms with E-state index in [4.69, 9.17) is 0 Å². The maximum absolute atomic E-state index is 12.1. The molecule has 1 aromatic carbocycles. The van der Waals surface area contributed by atoms with E-state index < -0.39 is 26.8 Å². The Kier molecular flexibility index (Phi) is 7.23. The highest BCUT2D eigenvalue weighted by atomic mass is 32.2. The number of aromatic nitrogens is 1. The minimum Gasteiger partial charge on any atom is -0.481 e. The number of rotatable bonds is 10. The van der Waals surface area contributed by atoms with Gasteiger partial charge in [0.15, 0.2) is 9.84 Å². The largest absolute Gasteiger partial charge is 0.481 e. The van der Waals surface area contributed by atoms with Gasteiger partial charge in [-0.3, -0.25) is 4.79 Å². The molecule has 0 aliphatic carbocycles. The van der Waals surface area contributed by atoms with Crippen molar-refractivity contribution in [1.29, 1.82) is 0 Å². The van der Waals surface area contributed by atoms with Gasteiger partial charge in [0.25, 0.3) is 5.09 Å². The Bertz CT molecular complexity index is 1270. The first kappa shape index (κ1) is 24.5. The van der Waals surface area contributed by atoms with Gasteiger partial charge in [-0.2, -0.15) is 0 Å². The highest BCUT2D eigenvalue weighted by Crippen LogP contribution is 2.37. The number of nitrogens with zero attached hydrogens (tertiary/aromatic N) is 2. The Morgan fingerprint density at radius 1 is 1.24 bits per heavy atom. The van der Waals surface area contributed by atoms with Crippen molar-refractivity contribution in [2.24, 2.45) is 0 Å². The topological polar surface area (TPSA) is 129 Å². The molecule has 0 bridgehead atoms. The highest BCUT2D eigenvalue weighted by Gasteiger charge is 2.27. The summed E-state index contributed by atoms with van der Waals surface area (Å²) in [6.45, 7) is 3.62. The second-order valence-corrected chi connectivity index (χ2v) is 10.7. The van der Waals surface area contributed by atoms with Gasteiger partial charge in [-0.05, 0) is 73.0 Å². The van der Waals surface area contributed by atoms with Crippen molar-refractivity contribution in [3.8, 4) is 16.3 Å². The molecule has 33 heavy (non-hydrogen) atoms. The number of hydrogen-bond donors (Lipinski definition) is 1. The van der Waals surface area contributed by atoms with Crippen LogP contribution >= 0.6 is 11.3 Å². The van der Waals surface area contributed by atoms with E-state index >= 15 is 0 Å². The molecule has 0 amide bonds. The Labute approximate surface area is 195 Å². The van der Waals surface area contributed by atoms with Crippen molar-refractivity contribution in [3.63, 3.8) is 0 Å². The molecule has 0 aliphatic rings. The second-order valence-electron chi connectivity index (χ2n) is 7.75. The Hall–Kier alpha value is -3.18. The van der Waals surface area contributed by atoms with Crippen molar-refractivity contribution in [3.05, 3.63) is 68.7 Å². The third kappa shape index (κ3) is 5.60. The highest BCUT2D eigenvalue weighted by molar-refractivity contribution is 7.90. The van der Waals surface area contributed by atoms with Crippen LogP contribution in [0.4, 0.5) is 0 Å². The first-order valence-electron chi connectivity index (χ1n) is 10.1. The van der Waals surface area contributed by atoms with Crippen LogP contribution in [0.25, 0.3) is 16.3 Å². The van der Waals surface area contributed by atoms with Crippen molar-refractivity contribution in [2.45, 2.75) is 37.5 Å². The molecule has 0 saturated carbocycles. The lowest BCUT2D eigenvalue weighted by atomic mass is 9.94. The molecule has 2 heterocycles. The van der Waals surface area contributed by atoms with Gasteiger partial charge in [-0.15, -0.1) is 21.5 Å². The standard InChI is InChI=1S/C22H24N2O7S2/c1-14-11-21(32-13-14)23-15(2)19(18(22(25)26)5-4-10-31-24(27)28)12-20(23)16-6-8-17(9-7-16)33(3,29)30/h6-9,11-13,18H,4-5,10H2,1-3H3,(H,25,26). The third-order valence-electron chi connectivity index (χ3n) is 5.31. The van der Waals surface area contributed by atoms with Crippen molar-refractivity contribution in [1.82, 2.24) is 4.57 Å². The summed E-state index contributed by atoms with van der Waals surface area (Å²) in [6.07, 6.45) is 1.52. The van der Waals surface area contributed by atoms with E-state index in [1.165, 1.54) is 23.5 Å². The van der Waals surface area contributed by atoms with Crippen LogP contribution in [0.1, 0.15) is 35.6 Å². The van der Waals surface area contributed by atoms with E-state index in [0.29, 0.717) is 5.56 Å². The van der Waals surface area contributed by atoms with E-state index in [1.54, 1.807) is 18.2 Å². The number of hydrogen-bond acceptors (Lipinski definition) is 7. The Balaban J connectivity index is 2.08. The molecule has 0 spiro atoms. The molecule has 0 aliphatic heterocycles. The summed E-state index contributed by atoms with van der Waals surface area (Å²) in [7, 11) is -3.35. The summed E-state index contributed by atoms with van der Waals surface area (Å²) < 4.78 is 25.6. The molecule has 1 unspecified atom stereocenters. The van der Waals surface area contributed by atoms with E-state index in [9.17, 15) is 28.4 Å². The summed E-state index contributed by atoms with van der Waals surface area (Å²) in [5.41, 5.74) is 3.87. The van der Waals surface area contributed by atoms with Crippen LogP contribution < -0.4 is 0 Å². The summed E-state index contributed by atoms with van der Waals surface area (Å²) in [6, 6.07) is 10.3. The number of aryl methyl sites for hydroxylation is 1. The maximum atomic E-state index is 12.1. The predicted octanol–water partition coefficient (Wildman–Crippen LogP) is 4.38. The average molecular weight is 493 g/mol. The number of carboxylic acid groups (broad SMARTS) is 1. The summed E-state index contributed by atoms with van der Waals surface area (Å²) in [4.78, 5) is 27.0. The average Bonchev–Trinajstić information content (AvgIpc) is 3.30. The smallest absolute Gasteiger partial charge is 0.311 e. The minimum absolute atomic E-state index is 0.171.